The third-order valence-electron chi connectivity index (χ3n) is 4.98. The number of hydrogen-bond acceptors (Lipinski definition) is 6. The maximum absolute atomic E-state index is 12.5. The Kier molecular flexibility index (Phi) is 8.11. The maximum Gasteiger partial charge on any atom is 0.349 e. The molecule has 4 aromatic rings. The van der Waals surface area contributed by atoms with E-state index >= 15 is 0 Å². The lowest BCUT2D eigenvalue weighted by molar-refractivity contribution is -0.136. The van der Waals surface area contributed by atoms with Crippen molar-refractivity contribution in [2.75, 3.05) is 19.8 Å². The van der Waals surface area contributed by atoms with E-state index in [0.717, 1.165) is 11.1 Å². The molecule has 0 spiro atoms. The van der Waals surface area contributed by atoms with Gasteiger partial charge in [0.1, 0.15) is 36.0 Å². The van der Waals surface area contributed by atoms with Gasteiger partial charge in [0.15, 0.2) is 6.61 Å². The zero-order valence-electron chi connectivity index (χ0n) is 19.0. The van der Waals surface area contributed by atoms with Crippen LogP contribution in [0.2, 0.25) is 0 Å². The molecule has 4 rings (SSSR count). The van der Waals surface area contributed by atoms with Crippen molar-refractivity contribution < 1.29 is 28.5 Å². The van der Waals surface area contributed by atoms with Crippen molar-refractivity contribution in [1.82, 2.24) is 0 Å². The van der Waals surface area contributed by atoms with Crippen molar-refractivity contribution >= 4 is 11.9 Å². The zero-order chi connectivity index (χ0) is 24.3. The van der Waals surface area contributed by atoms with Crippen molar-refractivity contribution in [2.24, 2.45) is 0 Å². The Bertz CT molecular complexity index is 1240. The monoisotopic (exact) mass is 468 g/mol. The highest BCUT2D eigenvalue weighted by Gasteiger charge is 2.17. The SMILES string of the molecule is O=C(COc1ccc(-c2ccccc2)cc1)Oc1ccccc1C(=O)OCCOc1ccccc1. The summed E-state index contributed by atoms with van der Waals surface area (Å²) in [7, 11) is 0. The third kappa shape index (κ3) is 6.95. The van der Waals surface area contributed by atoms with Crippen molar-refractivity contribution in [1.29, 1.82) is 0 Å². The number of carbonyl (C=O) groups excluding carboxylic acids is 2. The molecule has 0 aliphatic carbocycles. The Morgan fingerprint density at radius 1 is 0.571 bits per heavy atom. The fraction of sp³-hybridized carbons (Fsp3) is 0.103. The molecule has 0 aliphatic heterocycles. The number of hydrogen-bond donors (Lipinski definition) is 0. The van der Waals surface area contributed by atoms with Gasteiger partial charge in [0, 0.05) is 0 Å². The zero-order valence-corrected chi connectivity index (χ0v) is 19.0. The highest BCUT2D eigenvalue weighted by atomic mass is 16.6. The van der Waals surface area contributed by atoms with E-state index in [1.165, 1.54) is 12.1 Å². The van der Waals surface area contributed by atoms with E-state index in [4.69, 9.17) is 18.9 Å². The average molecular weight is 469 g/mol. The summed E-state index contributed by atoms with van der Waals surface area (Å²) in [5.74, 6) is 0.0853. The number of rotatable bonds is 10. The number of para-hydroxylation sites is 2. The van der Waals surface area contributed by atoms with Gasteiger partial charge in [-0.3, -0.25) is 0 Å². The fourth-order valence-corrected chi connectivity index (χ4v) is 3.28. The van der Waals surface area contributed by atoms with E-state index in [2.05, 4.69) is 0 Å². The van der Waals surface area contributed by atoms with Gasteiger partial charge >= 0.3 is 11.9 Å². The molecule has 0 saturated heterocycles. The molecule has 0 fully saturated rings. The molecule has 4 aromatic carbocycles. The van der Waals surface area contributed by atoms with Crippen LogP contribution in [0, 0.1) is 0 Å². The number of carbonyl (C=O) groups is 2. The highest BCUT2D eigenvalue weighted by molar-refractivity contribution is 5.93. The summed E-state index contributed by atoms with van der Waals surface area (Å²) in [6, 6.07) is 33.0. The van der Waals surface area contributed by atoms with Crippen LogP contribution in [0.3, 0.4) is 0 Å². The highest BCUT2D eigenvalue weighted by Crippen LogP contribution is 2.23. The van der Waals surface area contributed by atoms with E-state index in [1.807, 2.05) is 72.8 Å². The predicted molar refractivity (Wildman–Crippen MR) is 132 cm³/mol. The van der Waals surface area contributed by atoms with Crippen LogP contribution in [0.4, 0.5) is 0 Å². The molecule has 0 saturated carbocycles. The van der Waals surface area contributed by atoms with E-state index < -0.39 is 11.9 Å². The van der Waals surface area contributed by atoms with Crippen LogP contribution in [-0.2, 0) is 9.53 Å². The second-order valence-corrected chi connectivity index (χ2v) is 7.45. The maximum atomic E-state index is 12.5. The third-order valence-corrected chi connectivity index (χ3v) is 4.98. The molecule has 0 radical (unpaired) electrons. The first kappa shape index (κ1) is 23.6. The summed E-state index contributed by atoms with van der Waals surface area (Å²) in [4.78, 5) is 24.8. The molecule has 176 valence electrons. The number of benzene rings is 4. The minimum atomic E-state index is -0.634. The van der Waals surface area contributed by atoms with Crippen molar-refractivity contribution in [3.63, 3.8) is 0 Å². The second-order valence-electron chi connectivity index (χ2n) is 7.45. The summed E-state index contributed by atoms with van der Waals surface area (Å²) in [5.41, 5.74) is 2.28. The Morgan fingerprint density at radius 2 is 1.17 bits per heavy atom. The molecular formula is C29H24O6. The molecule has 0 unspecified atom stereocenters. The first-order valence-electron chi connectivity index (χ1n) is 11.1. The van der Waals surface area contributed by atoms with Crippen LogP contribution >= 0.6 is 0 Å². The van der Waals surface area contributed by atoms with Crippen molar-refractivity contribution in [3.8, 4) is 28.4 Å². The molecule has 35 heavy (non-hydrogen) atoms. The van der Waals surface area contributed by atoms with Crippen LogP contribution in [-0.4, -0.2) is 31.8 Å². The molecular weight excluding hydrogens is 444 g/mol. The van der Waals surface area contributed by atoms with E-state index in [-0.39, 0.29) is 31.1 Å². The molecule has 0 N–H and O–H groups in total. The molecule has 0 aromatic heterocycles. The molecule has 0 bridgehead atoms. The van der Waals surface area contributed by atoms with Gasteiger partial charge in [-0.2, -0.15) is 0 Å². The van der Waals surface area contributed by atoms with E-state index in [0.29, 0.717) is 11.5 Å². The molecule has 6 nitrogen and oxygen atoms in total. The van der Waals surface area contributed by atoms with Crippen LogP contribution in [0.15, 0.2) is 109 Å². The average Bonchev–Trinajstić information content (AvgIpc) is 2.91. The van der Waals surface area contributed by atoms with Gasteiger partial charge in [-0.1, -0.05) is 72.8 Å². The minimum Gasteiger partial charge on any atom is -0.490 e. The first-order valence-corrected chi connectivity index (χ1v) is 11.1. The summed E-state index contributed by atoms with van der Waals surface area (Å²) < 4.78 is 21.7. The topological polar surface area (TPSA) is 71.1 Å². The molecule has 0 heterocycles. The second kappa shape index (κ2) is 12.0. The van der Waals surface area contributed by atoms with Gasteiger partial charge in [-0.25, -0.2) is 9.59 Å². The smallest absolute Gasteiger partial charge is 0.349 e. The lowest BCUT2D eigenvalue weighted by Gasteiger charge is -2.11. The molecule has 6 heteroatoms. The summed E-state index contributed by atoms with van der Waals surface area (Å²) >= 11 is 0. The largest absolute Gasteiger partial charge is 0.490 e. The Balaban J connectivity index is 1.26. The standard InChI is InChI=1S/C29H24O6/c30-28(21-34-25-17-15-23(16-18-25)22-9-3-1-4-10-22)35-27-14-8-7-13-26(27)29(31)33-20-19-32-24-11-5-2-6-12-24/h1-18H,19-21H2. The van der Waals surface area contributed by atoms with Crippen LogP contribution < -0.4 is 14.2 Å². The van der Waals surface area contributed by atoms with Crippen molar-refractivity contribution in [3.05, 3.63) is 115 Å². The van der Waals surface area contributed by atoms with Gasteiger partial charge in [-0.15, -0.1) is 0 Å². The van der Waals surface area contributed by atoms with Crippen LogP contribution in [0.1, 0.15) is 10.4 Å². The van der Waals surface area contributed by atoms with Gasteiger partial charge in [-0.05, 0) is 47.5 Å². The van der Waals surface area contributed by atoms with Crippen molar-refractivity contribution in [2.45, 2.75) is 0 Å². The minimum absolute atomic E-state index is 0.0537. The number of esters is 2. The fourth-order valence-electron chi connectivity index (χ4n) is 3.28. The molecule has 0 aliphatic rings. The Morgan fingerprint density at radius 3 is 1.91 bits per heavy atom. The van der Waals surface area contributed by atoms with Gasteiger partial charge in [0.25, 0.3) is 0 Å². The van der Waals surface area contributed by atoms with Crippen LogP contribution in [0.5, 0.6) is 17.2 Å². The Labute approximate surface area is 203 Å². The summed E-state index contributed by atoms with van der Waals surface area (Å²) in [6.07, 6.45) is 0. The lowest BCUT2D eigenvalue weighted by Crippen LogP contribution is -2.20. The van der Waals surface area contributed by atoms with Gasteiger partial charge < -0.3 is 18.9 Å². The predicted octanol–water partition coefficient (Wildman–Crippen LogP) is 5.57. The normalized spacial score (nSPS) is 10.3. The van der Waals surface area contributed by atoms with Crippen LogP contribution in [0.25, 0.3) is 11.1 Å². The van der Waals surface area contributed by atoms with Gasteiger partial charge in [0.05, 0.1) is 0 Å². The molecule has 0 amide bonds. The summed E-state index contributed by atoms with van der Waals surface area (Å²) in [5, 5.41) is 0. The lowest BCUT2D eigenvalue weighted by atomic mass is 10.1. The van der Waals surface area contributed by atoms with E-state index in [1.54, 1.807) is 24.3 Å². The molecule has 0 atom stereocenters. The summed E-state index contributed by atoms with van der Waals surface area (Å²) in [6.45, 7) is -0.0499. The quantitative estimate of drug-likeness (QED) is 0.172. The number of ether oxygens (including phenoxy) is 4. The Hall–Kier alpha value is -4.58. The van der Waals surface area contributed by atoms with Gasteiger partial charge in [0.2, 0.25) is 0 Å². The van der Waals surface area contributed by atoms with E-state index in [9.17, 15) is 9.59 Å². The first-order chi connectivity index (χ1) is 17.2.